The molecule has 31 heavy (non-hydrogen) atoms. The van der Waals surface area contributed by atoms with Crippen LogP contribution in [0.5, 0.6) is 0 Å². The van der Waals surface area contributed by atoms with E-state index in [0.29, 0.717) is 44.0 Å². The average molecular weight is 462 g/mol. The summed E-state index contributed by atoms with van der Waals surface area (Å²) in [6.45, 7) is 5.85. The van der Waals surface area contributed by atoms with Crippen LogP contribution >= 0.6 is 11.6 Å². The van der Waals surface area contributed by atoms with Crippen molar-refractivity contribution in [1.29, 1.82) is 0 Å². The molecule has 0 bridgehead atoms. The van der Waals surface area contributed by atoms with Crippen molar-refractivity contribution in [2.45, 2.75) is 24.7 Å². The highest BCUT2D eigenvalue weighted by molar-refractivity contribution is 7.89. The molecule has 2 aliphatic heterocycles. The van der Waals surface area contributed by atoms with Gasteiger partial charge in [-0.05, 0) is 56.2 Å². The van der Waals surface area contributed by atoms with Crippen LogP contribution in [0.25, 0.3) is 0 Å². The lowest BCUT2D eigenvalue weighted by Gasteiger charge is -2.39. The molecule has 8 heteroatoms. The van der Waals surface area contributed by atoms with Gasteiger partial charge in [-0.1, -0.05) is 29.3 Å². The summed E-state index contributed by atoms with van der Waals surface area (Å²) < 4.78 is 27.2. The molecule has 2 fully saturated rings. The third-order valence-corrected chi connectivity index (χ3v) is 8.41. The average Bonchev–Trinajstić information content (AvgIpc) is 2.80. The Kier molecular flexibility index (Phi) is 6.55. The van der Waals surface area contributed by atoms with E-state index in [-0.39, 0.29) is 16.7 Å². The fourth-order valence-electron chi connectivity index (χ4n) is 4.30. The highest BCUT2D eigenvalue weighted by Crippen LogP contribution is 2.26. The molecule has 4 rings (SSSR count). The van der Waals surface area contributed by atoms with Gasteiger partial charge in [0.25, 0.3) is 0 Å². The predicted molar refractivity (Wildman–Crippen MR) is 123 cm³/mol. The van der Waals surface area contributed by atoms with Crippen molar-refractivity contribution in [2.75, 3.05) is 44.2 Å². The summed E-state index contributed by atoms with van der Waals surface area (Å²) >= 11 is 5.87. The van der Waals surface area contributed by atoms with Gasteiger partial charge in [-0.25, -0.2) is 8.42 Å². The first-order chi connectivity index (χ1) is 14.8. The van der Waals surface area contributed by atoms with E-state index in [1.165, 1.54) is 27.7 Å². The van der Waals surface area contributed by atoms with Gasteiger partial charge in [0.1, 0.15) is 0 Å². The molecule has 2 aromatic rings. The Morgan fingerprint density at radius 3 is 2.03 bits per heavy atom. The molecule has 0 unspecified atom stereocenters. The van der Waals surface area contributed by atoms with E-state index in [9.17, 15) is 13.2 Å². The number of nitrogens with zero attached hydrogens (tertiary/aromatic N) is 3. The number of piperazine rings is 1. The molecule has 0 aliphatic carbocycles. The number of sulfonamides is 1. The van der Waals surface area contributed by atoms with Gasteiger partial charge in [0, 0.05) is 55.9 Å². The highest BCUT2D eigenvalue weighted by atomic mass is 35.5. The maximum absolute atomic E-state index is 13.0. The summed E-state index contributed by atoms with van der Waals surface area (Å²) in [5.41, 5.74) is 2.43. The van der Waals surface area contributed by atoms with Crippen LogP contribution in [0.15, 0.2) is 53.4 Å². The largest absolute Gasteiger partial charge is 0.368 e. The minimum atomic E-state index is -3.55. The lowest BCUT2D eigenvalue weighted by molar-refractivity contribution is -0.137. The summed E-state index contributed by atoms with van der Waals surface area (Å²) in [5.74, 6) is 0.0506. The zero-order chi connectivity index (χ0) is 22.0. The number of hydrogen-bond donors (Lipinski definition) is 0. The number of halogens is 1. The molecule has 1 amide bonds. The quantitative estimate of drug-likeness (QED) is 0.700. The van der Waals surface area contributed by atoms with E-state index in [4.69, 9.17) is 11.6 Å². The molecule has 0 saturated carbocycles. The minimum absolute atomic E-state index is 0.109. The van der Waals surface area contributed by atoms with Gasteiger partial charge in [0.05, 0.1) is 4.90 Å². The van der Waals surface area contributed by atoms with Gasteiger partial charge in [-0.15, -0.1) is 0 Å². The Morgan fingerprint density at radius 2 is 1.45 bits per heavy atom. The Balaban J connectivity index is 1.30. The van der Waals surface area contributed by atoms with Crippen LogP contribution in [0.2, 0.25) is 5.02 Å². The van der Waals surface area contributed by atoms with E-state index in [0.717, 1.165) is 13.1 Å². The van der Waals surface area contributed by atoms with Crippen molar-refractivity contribution in [3.8, 4) is 0 Å². The van der Waals surface area contributed by atoms with Crippen molar-refractivity contribution >= 4 is 33.2 Å². The standard InChI is InChI=1S/C23H28ClN3O3S/c1-18-2-6-21(7-3-18)25-14-16-26(17-15-25)23(28)19-10-12-27(13-11-19)31(29,30)22-8-4-20(24)5-9-22/h2-9,19H,10-17H2,1H3. The summed E-state index contributed by atoms with van der Waals surface area (Å²) in [6.07, 6.45) is 1.12. The van der Waals surface area contributed by atoms with Gasteiger partial charge < -0.3 is 9.80 Å². The molecule has 6 nitrogen and oxygen atoms in total. The maximum Gasteiger partial charge on any atom is 0.243 e. The number of carbonyl (C=O) groups excluding carboxylic acids is 1. The van der Waals surface area contributed by atoms with E-state index in [2.05, 4.69) is 36.1 Å². The van der Waals surface area contributed by atoms with E-state index >= 15 is 0 Å². The Bertz CT molecular complexity index is 1010. The molecule has 2 heterocycles. The predicted octanol–water partition coefficient (Wildman–Crippen LogP) is 3.40. The lowest BCUT2D eigenvalue weighted by Crippen LogP contribution is -2.52. The van der Waals surface area contributed by atoms with Crippen molar-refractivity contribution < 1.29 is 13.2 Å². The second kappa shape index (κ2) is 9.18. The smallest absolute Gasteiger partial charge is 0.243 e. The molecule has 2 aliphatic rings. The molecule has 2 aromatic carbocycles. The van der Waals surface area contributed by atoms with Crippen LogP contribution in [0.4, 0.5) is 5.69 Å². The zero-order valence-corrected chi connectivity index (χ0v) is 19.3. The number of aryl methyl sites for hydroxylation is 1. The highest BCUT2D eigenvalue weighted by Gasteiger charge is 2.34. The van der Waals surface area contributed by atoms with Gasteiger partial charge >= 0.3 is 0 Å². The second-order valence-electron chi connectivity index (χ2n) is 8.28. The molecule has 0 N–H and O–H groups in total. The first-order valence-electron chi connectivity index (χ1n) is 10.7. The molecule has 0 radical (unpaired) electrons. The molecule has 2 saturated heterocycles. The summed E-state index contributed by atoms with van der Waals surface area (Å²) in [5, 5.41) is 0.505. The molecule has 0 spiro atoms. The Hall–Kier alpha value is -2.09. The molecule has 0 aromatic heterocycles. The monoisotopic (exact) mass is 461 g/mol. The number of anilines is 1. The van der Waals surface area contributed by atoms with Gasteiger partial charge in [-0.3, -0.25) is 4.79 Å². The van der Waals surface area contributed by atoms with Crippen molar-refractivity contribution in [2.24, 2.45) is 5.92 Å². The van der Waals surface area contributed by atoms with Crippen molar-refractivity contribution in [3.63, 3.8) is 0 Å². The van der Waals surface area contributed by atoms with Crippen LogP contribution in [-0.4, -0.2) is 62.8 Å². The van der Waals surface area contributed by atoms with Crippen LogP contribution in [0.1, 0.15) is 18.4 Å². The number of hydrogen-bond acceptors (Lipinski definition) is 4. The molecule has 166 valence electrons. The van der Waals surface area contributed by atoms with Gasteiger partial charge in [-0.2, -0.15) is 4.31 Å². The number of benzene rings is 2. The van der Waals surface area contributed by atoms with Crippen LogP contribution in [-0.2, 0) is 14.8 Å². The number of rotatable bonds is 4. The Labute approximate surface area is 189 Å². The van der Waals surface area contributed by atoms with Crippen molar-refractivity contribution in [3.05, 3.63) is 59.1 Å². The zero-order valence-electron chi connectivity index (χ0n) is 17.7. The fourth-order valence-corrected chi connectivity index (χ4v) is 5.89. The molecular weight excluding hydrogens is 434 g/mol. The lowest BCUT2D eigenvalue weighted by atomic mass is 9.96. The van der Waals surface area contributed by atoms with E-state index in [1.54, 1.807) is 12.1 Å². The maximum atomic E-state index is 13.0. The molecule has 0 atom stereocenters. The van der Waals surface area contributed by atoms with Crippen LogP contribution < -0.4 is 4.90 Å². The Morgan fingerprint density at radius 1 is 0.871 bits per heavy atom. The van der Waals surface area contributed by atoms with Crippen LogP contribution in [0.3, 0.4) is 0 Å². The number of amides is 1. The number of piperidine rings is 1. The minimum Gasteiger partial charge on any atom is -0.368 e. The second-order valence-corrected chi connectivity index (χ2v) is 10.7. The fraction of sp³-hybridized carbons (Fsp3) is 0.435. The third-order valence-electron chi connectivity index (χ3n) is 6.25. The van der Waals surface area contributed by atoms with Crippen LogP contribution in [0, 0.1) is 12.8 Å². The summed E-state index contributed by atoms with van der Waals surface area (Å²) in [7, 11) is -3.55. The van der Waals surface area contributed by atoms with Gasteiger partial charge in [0.2, 0.25) is 15.9 Å². The van der Waals surface area contributed by atoms with E-state index < -0.39 is 10.0 Å². The SMILES string of the molecule is Cc1ccc(N2CCN(C(=O)C3CCN(S(=O)(=O)c4ccc(Cl)cc4)CC3)CC2)cc1. The number of carbonyl (C=O) groups is 1. The topological polar surface area (TPSA) is 60.9 Å². The van der Waals surface area contributed by atoms with Crippen molar-refractivity contribution in [1.82, 2.24) is 9.21 Å². The first-order valence-corrected chi connectivity index (χ1v) is 12.5. The van der Waals surface area contributed by atoms with Gasteiger partial charge in [0.15, 0.2) is 0 Å². The summed E-state index contributed by atoms with van der Waals surface area (Å²) in [6, 6.07) is 14.7. The normalized spacial score (nSPS) is 18.9. The summed E-state index contributed by atoms with van der Waals surface area (Å²) in [4.78, 5) is 17.5. The van der Waals surface area contributed by atoms with E-state index in [1.807, 2.05) is 4.90 Å². The first kappa shape index (κ1) is 22.1. The third kappa shape index (κ3) is 4.89. The molecular formula is C23H28ClN3O3S.